The van der Waals surface area contributed by atoms with E-state index in [4.69, 9.17) is 16.0 Å². The number of hydrogen-bond donors (Lipinski definition) is 0. The second-order valence-electron chi connectivity index (χ2n) is 7.14. The molecule has 0 atom stereocenters. The Morgan fingerprint density at radius 1 is 1.27 bits per heavy atom. The van der Waals surface area contributed by atoms with Gasteiger partial charge in [-0.15, -0.1) is 0 Å². The Kier molecular flexibility index (Phi) is 4.45. The van der Waals surface area contributed by atoms with Crippen LogP contribution in [-0.2, 0) is 17.9 Å². The van der Waals surface area contributed by atoms with Crippen LogP contribution in [-0.4, -0.2) is 15.8 Å². The van der Waals surface area contributed by atoms with E-state index in [0.717, 1.165) is 40.6 Å². The zero-order chi connectivity index (χ0) is 18.3. The molecule has 0 radical (unpaired) electrons. The van der Waals surface area contributed by atoms with E-state index in [1.165, 1.54) is 5.56 Å². The van der Waals surface area contributed by atoms with Crippen molar-refractivity contribution in [2.75, 3.05) is 0 Å². The van der Waals surface area contributed by atoms with Gasteiger partial charge in [0.05, 0.1) is 18.3 Å². The Labute approximate surface area is 157 Å². The van der Waals surface area contributed by atoms with Crippen molar-refractivity contribution in [3.05, 3.63) is 64.2 Å². The number of carbonyl (C=O) groups is 1. The van der Waals surface area contributed by atoms with Gasteiger partial charge in [-0.2, -0.15) is 0 Å². The molecule has 1 aliphatic carbocycles. The molecule has 1 amide bonds. The fraction of sp³-hybridized carbons (Fsp3) is 0.333. The summed E-state index contributed by atoms with van der Waals surface area (Å²) in [5, 5.41) is 1.51. The average molecular weight is 369 g/mol. The molecular weight excluding hydrogens is 348 g/mol. The standard InChI is InChI=1S/C21H21ClN2O2/c1-13-8-14(2)19-16(9-13)10-17(20(22)23-19)11-24(21(25)15-5-6-15)12-18-4-3-7-26-18/h3-4,7-10,15H,5-6,11-12H2,1-2H3. The van der Waals surface area contributed by atoms with Gasteiger partial charge in [0.2, 0.25) is 5.91 Å². The maximum Gasteiger partial charge on any atom is 0.226 e. The first-order valence-electron chi connectivity index (χ1n) is 8.89. The van der Waals surface area contributed by atoms with Gasteiger partial charge >= 0.3 is 0 Å². The van der Waals surface area contributed by atoms with Crippen molar-refractivity contribution in [3.63, 3.8) is 0 Å². The first-order chi connectivity index (χ1) is 12.5. The van der Waals surface area contributed by atoms with Gasteiger partial charge in [-0.1, -0.05) is 23.2 Å². The summed E-state index contributed by atoms with van der Waals surface area (Å²) in [5.41, 5.74) is 4.07. The molecule has 0 unspecified atom stereocenters. The predicted molar refractivity (Wildman–Crippen MR) is 102 cm³/mol. The molecule has 4 rings (SSSR count). The summed E-state index contributed by atoms with van der Waals surface area (Å²) in [7, 11) is 0. The van der Waals surface area contributed by atoms with Gasteiger partial charge in [0, 0.05) is 23.4 Å². The number of fused-ring (bicyclic) bond motifs is 1. The third-order valence-corrected chi connectivity index (χ3v) is 5.13. The summed E-state index contributed by atoms with van der Waals surface area (Å²) >= 11 is 6.47. The van der Waals surface area contributed by atoms with E-state index in [1.807, 2.05) is 24.0 Å². The number of halogens is 1. The quantitative estimate of drug-likeness (QED) is 0.593. The van der Waals surface area contributed by atoms with Gasteiger partial charge in [0.15, 0.2) is 0 Å². The summed E-state index contributed by atoms with van der Waals surface area (Å²) in [6.45, 7) is 4.99. The summed E-state index contributed by atoms with van der Waals surface area (Å²) in [6.07, 6.45) is 3.57. The number of aromatic nitrogens is 1. The van der Waals surface area contributed by atoms with Crippen molar-refractivity contribution in [2.45, 2.75) is 39.8 Å². The average Bonchev–Trinajstić information content (AvgIpc) is 3.32. The number of amides is 1. The molecule has 0 saturated heterocycles. The second-order valence-corrected chi connectivity index (χ2v) is 7.50. The van der Waals surface area contributed by atoms with Gasteiger partial charge in [-0.05, 0) is 56.5 Å². The molecule has 1 saturated carbocycles. The monoisotopic (exact) mass is 368 g/mol. The molecule has 3 aromatic rings. The molecule has 134 valence electrons. The number of furan rings is 1. The lowest BCUT2D eigenvalue weighted by Crippen LogP contribution is -2.31. The maximum atomic E-state index is 12.7. The van der Waals surface area contributed by atoms with Crippen molar-refractivity contribution < 1.29 is 9.21 Å². The smallest absolute Gasteiger partial charge is 0.226 e. The lowest BCUT2D eigenvalue weighted by Gasteiger charge is -2.22. The van der Waals surface area contributed by atoms with E-state index in [0.29, 0.717) is 18.2 Å². The summed E-state index contributed by atoms with van der Waals surface area (Å²) in [5.74, 6) is 1.08. The van der Waals surface area contributed by atoms with E-state index in [1.54, 1.807) is 6.26 Å². The van der Waals surface area contributed by atoms with Crippen LogP contribution in [0.15, 0.2) is 41.0 Å². The molecule has 1 fully saturated rings. The molecule has 1 aromatic carbocycles. The van der Waals surface area contributed by atoms with Crippen molar-refractivity contribution >= 4 is 28.4 Å². The molecule has 5 heteroatoms. The highest BCUT2D eigenvalue weighted by Gasteiger charge is 2.34. The highest BCUT2D eigenvalue weighted by atomic mass is 35.5. The lowest BCUT2D eigenvalue weighted by atomic mass is 10.1. The largest absolute Gasteiger partial charge is 0.467 e. The predicted octanol–water partition coefficient (Wildman–Crippen LogP) is 5.04. The third-order valence-electron chi connectivity index (χ3n) is 4.81. The molecule has 0 aliphatic heterocycles. The van der Waals surface area contributed by atoms with E-state index in [2.05, 4.69) is 30.1 Å². The highest BCUT2D eigenvalue weighted by molar-refractivity contribution is 6.30. The van der Waals surface area contributed by atoms with Crippen LogP contribution in [0, 0.1) is 19.8 Å². The fourth-order valence-electron chi connectivity index (χ4n) is 3.38. The number of carbonyl (C=O) groups excluding carboxylic acids is 1. The SMILES string of the molecule is Cc1cc(C)c2nc(Cl)c(CN(Cc3ccco3)C(=O)C3CC3)cc2c1. The van der Waals surface area contributed by atoms with Gasteiger partial charge < -0.3 is 9.32 Å². The van der Waals surface area contributed by atoms with Crippen LogP contribution in [0.25, 0.3) is 10.9 Å². The van der Waals surface area contributed by atoms with E-state index < -0.39 is 0 Å². The van der Waals surface area contributed by atoms with Gasteiger partial charge in [-0.3, -0.25) is 4.79 Å². The summed E-state index contributed by atoms with van der Waals surface area (Å²) in [6, 6.07) is 9.99. The minimum absolute atomic E-state index is 0.140. The van der Waals surface area contributed by atoms with Gasteiger partial charge in [-0.25, -0.2) is 4.98 Å². The number of benzene rings is 1. The molecular formula is C21H21ClN2O2. The molecule has 0 N–H and O–H groups in total. The third kappa shape index (κ3) is 3.47. The molecule has 1 aliphatic rings. The van der Waals surface area contributed by atoms with Crippen molar-refractivity contribution in [1.82, 2.24) is 9.88 Å². The Hall–Kier alpha value is -2.33. The van der Waals surface area contributed by atoms with E-state index in [9.17, 15) is 4.79 Å². The van der Waals surface area contributed by atoms with Crippen LogP contribution in [0.4, 0.5) is 0 Å². The van der Waals surface area contributed by atoms with Gasteiger partial charge in [0.1, 0.15) is 10.9 Å². The Morgan fingerprint density at radius 2 is 2.08 bits per heavy atom. The highest BCUT2D eigenvalue weighted by Crippen LogP contribution is 2.33. The van der Waals surface area contributed by atoms with E-state index in [-0.39, 0.29) is 11.8 Å². The molecule has 2 aromatic heterocycles. The number of aryl methyl sites for hydroxylation is 2. The molecule has 0 bridgehead atoms. The molecule has 26 heavy (non-hydrogen) atoms. The van der Waals surface area contributed by atoms with Gasteiger partial charge in [0.25, 0.3) is 0 Å². The minimum atomic E-state index is 0.140. The Balaban J connectivity index is 1.67. The Bertz CT molecular complexity index is 962. The van der Waals surface area contributed by atoms with Crippen molar-refractivity contribution in [1.29, 1.82) is 0 Å². The zero-order valence-electron chi connectivity index (χ0n) is 15.0. The van der Waals surface area contributed by atoms with Crippen LogP contribution < -0.4 is 0 Å². The van der Waals surface area contributed by atoms with Crippen LogP contribution in [0.3, 0.4) is 0 Å². The first kappa shape index (κ1) is 17.1. The summed E-state index contributed by atoms with van der Waals surface area (Å²) in [4.78, 5) is 19.2. The van der Waals surface area contributed by atoms with Crippen molar-refractivity contribution in [3.8, 4) is 0 Å². The lowest BCUT2D eigenvalue weighted by molar-refractivity contribution is -0.134. The number of hydrogen-bond acceptors (Lipinski definition) is 3. The van der Waals surface area contributed by atoms with Crippen LogP contribution in [0.5, 0.6) is 0 Å². The van der Waals surface area contributed by atoms with Crippen LogP contribution in [0.1, 0.15) is 35.3 Å². The number of pyridine rings is 1. The fourth-order valence-corrected chi connectivity index (χ4v) is 3.58. The molecule has 2 heterocycles. The summed E-state index contributed by atoms with van der Waals surface area (Å²) < 4.78 is 5.44. The van der Waals surface area contributed by atoms with E-state index >= 15 is 0 Å². The van der Waals surface area contributed by atoms with Crippen molar-refractivity contribution in [2.24, 2.45) is 5.92 Å². The number of nitrogens with zero attached hydrogens (tertiary/aromatic N) is 2. The first-order valence-corrected chi connectivity index (χ1v) is 9.26. The van der Waals surface area contributed by atoms with Crippen LogP contribution in [0.2, 0.25) is 5.15 Å². The molecule has 4 nitrogen and oxygen atoms in total. The maximum absolute atomic E-state index is 12.7. The normalized spacial score (nSPS) is 14.0. The number of rotatable bonds is 5. The Morgan fingerprint density at radius 3 is 2.77 bits per heavy atom. The second kappa shape index (κ2) is 6.76. The zero-order valence-corrected chi connectivity index (χ0v) is 15.7. The topological polar surface area (TPSA) is 46.3 Å². The molecule has 0 spiro atoms. The van der Waals surface area contributed by atoms with Crippen LogP contribution >= 0.6 is 11.6 Å². The minimum Gasteiger partial charge on any atom is -0.467 e.